The number of aryl methyl sites for hydroxylation is 1. The first-order valence-corrected chi connectivity index (χ1v) is 12.6. The highest BCUT2D eigenvalue weighted by molar-refractivity contribution is 9.10. The quantitative estimate of drug-likeness (QED) is 0.259. The number of hydrazone groups is 1. The van der Waals surface area contributed by atoms with Gasteiger partial charge >= 0.3 is 0 Å². The van der Waals surface area contributed by atoms with Crippen LogP contribution in [-0.4, -0.2) is 17.8 Å². The molecule has 1 aliphatic heterocycles. The monoisotopic (exact) mass is 537 g/mol. The standard InChI is InChI=1S/C26H21BrClN3OS/c1-16-3-5-17(6-4-16)22-14-24(18-7-10-20(28)11-8-18)31(30-22)26-29-23(15-33-26)19-9-12-25(32-2)21(27)13-19/h3-13,15,24H,14H2,1-2H3/t24-/m0/s1. The van der Waals surface area contributed by atoms with Gasteiger partial charge in [0.25, 0.3) is 0 Å². The van der Waals surface area contributed by atoms with E-state index >= 15 is 0 Å². The summed E-state index contributed by atoms with van der Waals surface area (Å²) >= 11 is 11.3. The molecule has 7 heteroatoms. The van der Waals surface area contributed by atoms with E-state index in [1.807, 2.05) is 35.3 Å². The molecule has 1 aromatic heterocycles. The molecule has 0 bridgehead atoms. The first kappa shape index (κ1) is 22.1. The first-order chi connectivity index (χ1) is 16.0. The fourth-order valence-corrected chi connectivity index (χ4v) is 5.38. The van der Waals surface area contributed by atoms with Crippen LogP contribution in [0.4, 0.5) is 5.13 Å². The van der Waals surface area contributed by atoms with Gasteiger partial charge in [-0.15, -0.1) is 11.3 Å². The lowest BCUT2D eigenvalue weighted by Crippen LogP contribution is -2.18. The van der Waals surface area contributed by atoms with E-state index in [1.54, 1.807) is 18.4 Å². The molecule has 0 saturated heterocycles. The van der Waals surface area contributed by atoms with Gasteiger partial charge in [0.1, 0.15) is 5.75 Å². The molecule has 33 heavy (non-hydrogen) atoms. The van der Waals surface area contributed by atoms with Crippen molar-refractivity contribution in [2.75, 3.05) is 12.1 Å². The number of ether oxygens (including phenoxy) is 1. The summed E-state index contributed by atoms with van der Waals surface area (Å²) in [5, 5.41) is 10.7. The fourth-order valence-electron chi connectivity index (χ4n) is 3.88. The van der Waals surface area contributed by atoms with Gasteiger partial charge in [0, 0.05) is 22.4 Å². The molecule has 1 atom stereocenters. The van der Waals surface area contributed by atoms with Gasteiger partial charge in [0.15, 0.2) is 0 Å². The molecular weight excluding hydrogens is 518 g/mol. The second-order valence-electron chi connectivity index (χ2n) is 7.89. The number of rotatable bonds is 5. The minimum Gasteiger partial charge on any atom is -0.496 e. The lowest BCUT2D eigenvalue weighted by molar-refractivity contribution is 0.412. The molecule has 0 aliphatic carbocycles. The van der Waals surface area contributed by atoms with E-state index in [0.29, 0.717) is 0 Å². The molecular formula is C26H21BrClN3OS. The van der Waals surface area contributed by atoms with Gasteiger partial charge in [-0.05, 0) is 64.3 Å². The highest BCUT2D eigenvalue weighted by Gasteiger charge is 2.31. The SMILES string of the molecule is COc1ccc(-c2csc(N3N=C(c4ccc(C)cc4)C[C@H]3c3ccc(Cl)cc3)n2)cc1Br. The Bertz CT molecular complexity index is 1320. The van der Waals surface area contributed by atoms with Crippen molar-refractivity contribution in [2.24, 2.45) is 5.10 Å². The van der Waals surface area contributed by atoms with Crippen LogP contribution in [0.25, 0.3) is 11.3 Å². The number of methoxy groups -OCH3 is 1. The number of thiazole rings is 1. The minimum atomic E-state index is 0.0557. The summed E-state index contributed by atoms with van der Waals surface area (Å²) in [4.78, 5) is 4.94. The number of hydrogen-bond donors (Lipinski definition) is 0. The van der Waals surface area contributed by atoms with Gasteiger partial charge < -0.3 is 4.74 Å². The smallest absolute Gasteiger partial charge is 0.207 e. The molecule has 0 spiro atoms. The molecule has 0 unspecified atom stereocenters. The Kier molecular flexibility index (Phi) is 6.23. The minimum absolute atomic E-state index is 0.0557. The molecule has 3 aromatic carbocycles. The second kappa shape index (κ2) is 9.29. The van der Waals surface area contributed by atoms with E-state index in [0.717, 1.165) is 54.9 Å². The maximum atomic E-state index is 6.15. The average molecular weight is 539 g/mol. The Morgan fingerprint density at radius 2 is 1.76 bits per heavy atom. The maximum Gasteiger partial charge on any atom is 0.207 e. The van der Waals surface area contributed by atoms with Crippen LogP contribution >= 0.6 is 38.9 Å². The summed E-state index contributed by atoms with van der Waals surface area (Å²) in [6.07, 6.45) is 0.799. The number of halogens is 2. The van der Waals surface area contributed by atoms with E-state index in [2.05, 4.69) is 64.6 Å². The zero-order valence-electron chi connectivity index (χ0n) is 18.1. The van der Waals surface area contributed by atoms with Gasteiger partial charge in [-0.3, -0.25) is 0 Å². The summed E-state index contributed by atoms with van der Waals surface area (Å²) in [5.41, 5.74) is 6.52. The molecule has 166 valence electrons. The predicted molar refractivity (Wildman–Crippen MR) is 141 cm³/mol. The molecule has 0 radical (unpaired) electrons. The number of anilines is 1. The topological polar surface area (TPSA) is 37.7 Å². The van der Waals surface area contributed by atoms with Gasteiger partial charge in [-0.1, -0.05) is 53.6 Å². The van der Waals surface area contributed by atoms with Crippen LogP contribution < -0.4 is 9.75 Å². The first-order valence-electron chi connectivity index (χ1n) is 10.5. The highest BCUT2D eigenvalue weighted by atomic mass is 79.9. The summed E-state index contributed by atoms with van der Waals surface area (Å²) in [6.45, 7) is 2.09. The zero-order chi connectivity index (χ0) is 22.9. The Morgan fingerprint density at radius 1 is 1.03 bits per heavy atom. The predicted octanol–water partition coefficient (Wildman–Crippen LogP) is 7.90. The van der Waals surface area contributed by atoms with Gasteiger partial charge in [-0.2, -0.15) is 5.10 Å². The van der Waals surface area contributed by atoms with Crippen LogP contribution in [-0.2, 0) is 0 Å². The lowest BCUT2D eigenvalue weighted by Gasteiger charge is -2.21. The Labute approximate surface area is 210 Å². The third kappa shape index (κ3) is 4.56. The largest absolute Gasteiger partial charge is 0.496 e. The average Bonchev–Trinajstić information content (AvgIpc) is 3.48. The van der Waals surface area contributed by atoms with Crippen molar-refractivity contribution >= 4 is 49.7 Å². The molecule has 0 saturated carbocycles. The molecule has 0 N–H and O–H groups in total. The van der Waals surface area contributed by atoms with Crippen LogP contribution in [0.1, 0.15) is 29.2 Å². The van der Waals surface area contributed by atoms with Crippen molar-refractivity contribution in [3.8, 4) is 17.0 Å². The van der Waals surface area contributed by atoms with Crippen molar-refractivity contribution in [3.05, 3.63) is 98.3 Å². The number of hydrogen-bond acceptors (Lipinski definition) is 5. The van der Waals surface area contributed by atoms with Crippen LogP contribution in [0.15, 0.2) is 81.7 Å². The van der Waals surface area contributed by atoms with Crippen molar-refractivity contribution in [1.29, 1.82) is 0 Å². The van der Waals surface area contributed by atoms with Crippen molar-refractivity contribution in [3.63, 3.8) is 0 Å². The third-order valence-electron chi connectivity index (χ3n) is 5.69. The Balaban J connectivity index is 1.52. The van der Waals surface area contributed by atoms with Gasteiger partial charge in [0.2, 0.25) is 5.13 Å². The van der Waals surface area contributed by atoms with E-state index < -0.39 is 0 Å². The number of aromatic nitrogens is 1. The Morgan fingerprint density at radius 3 is 2.45 bits per heavy atom. The van der Waals surface area contributed by atoms with Gasteiger partial charge in [-0.25, -0.2) is 9.99 Å². The summed E-state index contributed by atoms with van der Waals surface area (Å²) in [5.74, 6) is 0.795. The van der Waals surface area contributed by atoms with E-state index in [9.17, 15) is 0 Å². The van der Waals surface area contributed by atoms with Gasteiger partial charge in [0.05, 0.1) is 29.0 Å². The summed E-state index contributed by atoms with van der Waals surface area (Å²) in [7, 11) is 1.66. The second-order valence-corrected chi connectivity index (χ2v) is 10.0. The normalized spacial score (nSPS) is 15.6. The van der Waals surface area contributed by atoms with Crippen molar-refractivity contribution < 1.29 is 4.74 Å². The maximum absolute atomic E-state index is 6.15. The molecule has 5 rings (SSSR count). The number of benzene rings is 3. The van der Waals surface area contributed by atoms with Crippen LogP contribution in [0.2, 0.25) is 5.02 Å². The lowest BCUT2D eigenvalue weighted by atomic mass is 9.98. The van der Waals surface area contributed by atoms with E-state index in [-0.39, 0.29) is 6.04 Å². The third-order valence-corrected chi connectivity index (χ3v) is 7.39. The molecule has 1 aliphatic rings. The van der Waals surface area contributed by atoms with Crippen LogP contribution in [0.3, 0.4) is 0 Å². The van der Waals surface area contributed by atoms with Crippen molar-refractivity contribution in [1.82, 2.24) is 4.98 Å². The highest BCUT2D eigenvalue weighted by Crippen LogP contribution is 2.40. The zero-order valence-corrected chi connectivity index (χ0v) is 21.3. The Hall–Kier alpha value is -2.67. The molecule has 4 nitrogen and oxygen atoms in total. The summed E-state index contributed by atoms with van der Waals surface area (Å²) < 4.78 is 6.25. The molecule has 2 heterocycles. The molecule has 0 fully saturated rings. The number of nitrogens with zero attached hydrogens (tertiary/aromatic N) is 3. The van der Waals surface area contributed by atoms with Crippen LogP contribution in [0, 0.1) is 6.92 Å². The summed E-state index contributed by atoms with van der Waals surface area (Å²) in [6, 6.07) is 22.6. The molecule has 4 aromatic rings. The van der Waals surface area contributed by atoms with E-state index in [4.69, 9.17) is 26.4 Å². The van der Waals surface area contributed by atoms with Crippen LogP contribution in [0.5, 0.6) is 5.75 Å². The fraction of sp³-hybridized carbons (Fsp3) is 0.154. The molecule has 0 amide bonds. The van der Waals surface area contributed by atoms with Crippen molar-refractivity contribution in [2.45, 2.75) is 19.4 Å². The van der Waals surface area contributed by atoms with E-state index in [1.165, 1.54) is 5.56 Å².